The number of amides is 1. The molecule has 0 saturated carbocycles. The molecule has 88 valence electrons. The molecule has 1 amide bonds. The second kappa shape index (κ2) is 6.44. The number of carbonyl (C=O) groups excluding carboxylic acids is 1. The van der Waals surface area contributed by atoms with Gasteiger partial charge in [-0.3, -0.25) is 4.79 Å². The lowest BCUT2D eigenvalue weighted by Gasteiger charge is -2.03. The summed E-state index contributed by atoms with van der Waals surface area (Å²) in [4.78, 5) is 19.8. The van der Waals surface area contributed by atoms with Crippen LogP contribution in [0.25, 0.3) is 0 Å². The van der Waals surface area contributed by atoms with Crippen LogP contribution in [0.15, 0.2) is 11.2 Å². The van der Waals surface area contributed by atoms with E-state index in [0.29, 0.717) is 24.0 Å². The SMILES string of the molecule is Cc1cc(C)nc(SCC(=O)NCCN)n1. The maximum Gasteiger partial charge on any atom is 0.230 e. The molecule has 0 saturated heterocycles. The van der Waals surface area contributed by atoms with Crippen LogP contribution in [0.2, 0.25) is 0 Å². The van der Waals surface area contributed by atoms with E-state index < -0.39 is 0 Å². The zero-order valence-electron chi connectivity index (χ0n) is 9.49. The average Bonchev–Trinajstić information content (AvgIpc) is 2.22. The van der Waals surface area contributed by atoms with Crippen molar-refractivity contribution in [3.05, 3.63) is 17.5 Å². The Hall–Kier alpha value is -1.14. The lowest BCUT2D eigenvalue weighted by Crippen LogP contribution is -2.30. The molecule has 0 bridgehead atoms. The minimum absolute atomic E-state index is 0.0433. The highest BCUT2D eigenvalue weighted by molar-refractivity contribution is 7.99. The molecule has 1 aromatic heterocycles. The molecule has 5 nitrogen and oxygen atoms in total. The van der Waals surface area contributed by atoms with Crippen LogP contribution in [0.3, 0.4) is 0 Å². The molecule has 16 heavy (non-hydrogen) atoms. The van der Waals surface area contributed by atoms with Crippen LogP contribution in [-0.4, -0.2) is 34.7 Å². The van der Waals surface area contributed by atoms with Crippen LogP contribution in [0.5, 0.6) is 0 Å². The Morgan fingerprint density at radius 3 is 2.62 bits per heavy atom. The first-order valence-electron chi connectivity index (χ1n) is 5.03. The van der Waals surface area contributed by atoms with E-state index in [-0.39, 0.29) is 5.91 Å². The van der Waals surface area contributed by atoms with Gasteiger partial charge in [0.15, 0.2) is 5.16 Å². The standard InChI is InChI=1S/C10H16N4OS/c1-7-5-8(2)14-10(13-7)16-6-9(15)12-4-3-11/h5H,3-4,6,11H2,1-2H3,(H,12,15). The largest absolute Gasteiger partial charge is 0.354 e. The highest BCUT2D eigenvalue weighted by Crippen LogP contribution is 2.13. The first kappa shape index (κ1) is 12.9. The van der Waals surface area contributed by atoms with Crippen molar-refractivity contribution < 1.29 is 4.79 Å². The molecule has 0 aliphatic carbocycles. The lowest BCUT2D eigenvalue weighted by atomic mass is 10.4. The zero-order valence-corrected chi connectivity index (χ0v) is 10.3. The summed E-state index contributed by atoms with van der Waals surface area (Å²) in [6.45, 7) is 4.78. The van der Waals surface area contributed by atoms with Gasteiger partial charge in [0.1, 0.15) is 0 Å². The molecular formula is C10H16N4OS. The smallest absolute Gasteiger partial charge is 0.230 e. The van der Waals surface area contributed by atoms with Gasteiger partial charge in [0, 0.05) is 24.5 Å². The highest BCUT2D eigenvalue weighted by Gasteiger charge is 2.04. The number of rotatable bonds is 5. The second-order valence-electron chi connectivity index (χ2n) is 3.36. The quantitative estimate of drug-likeness (QED) is 0.570. The fraction of sp³-hybridized carbons (Fsp3) is 0.500. The number of hydrogen-bond acceptors (Lipinski definition) is 5. The minimum atomic E-state index is -0.0433. The number of carbonyl (C=O) groups is 1. The van der Waals surface area contributed by atoms with E-state index in [2.05, 4.69) is 15.3 Å². The molecule has 0 fully saturated rings. The number of nitrogens with two attached hydrogens (primary N) is 1. The molecule has 0 unspecified atom stereocenters. The van der Waals surface area contributed by atoms with E-state index in [0.717, 1.165) is 11.4 Å². The third-order valence-electron chi connectivity index (χ3n) is 1.76. The molecule has 0 radical (unpaired) electrons. The first-order valence-corrected chi connectivity index (χ1v) is 6.02. The summed E-state index contributed by atoms with van der Waals surface area (Å²) in [5.41, 5.74) is 7.11. The van der Waals surface area contributed by atoms with Crippen LogP contribution in [0, 0.1) is 13.8 Å². The molecule has 0 aromatic carbocycles. The van der Waals surface area contributed by atoms with Gasteiger partial charge in [-0.25, -0.2) is 9.97 Å². The number of aryl methyl sites for hydroxylation is 2. The third kappa shape index (κ3) is 4.59. The van der Waals surface area contributed by atoms with Crippen molar-refractivity contribution in [3.63, 3.8) is 0 Å². The summed E-state index contributed by atoms with van der Waals surface area (Å²) in [5.74, 6) is 0.279. The van der Waals surface area contributed by atoms with Gasteiger partial charge in [0.2, 0.25) is 5.91 Å². The Morgan fingerprint density at radius 2 is 2.06 bits per heavy atom. The van der Waals surface area contributed by atoms with E-state index >= 15 is 0 Å². The Morgan fingerprint density at radius 1 is 1.44 bits per heavy atom. The van der Waals surface area contributed by atoms with Crippen molar-refractivity contribution in [3.8, 4) is 0 Å². The number of nitrogens with one attached hydrogen (secondary N) is 1. The first-order chi connectivity index (χ1) is 7.61. The summed E-state index contributed by atoms with van der Waals surface area (Å²) in [6.07, 6.45) is 0. The number of hydrogen-bond donors (Lipinski definition) is 2. The second-order valence-corrected chi connectivity index (χ2v) is 4.30. The van der Waals surface area contributed by atoms with Crippen LogP contribution < -0.4 is 11.1 Å². The summed E-state index contributed by atoms with van der Waals surface area (Å²) in [7, 11) is 0. The zero-order chi connectivity index (χ0) is 12.0. The molecule has 6 heteroatoms. The van der Waals surface area contributed by atoms with Gasteiger partial charge >= 0.3 is 0 Å². The van der Waals surface area contributed by atoms with Crippen molar-refractivity contribution in [2.24, 2.45) is 5.73 Å². The Balaban J connectivity index is 2.45. The molecule has 0 spiro atoms. The summed E-state index contributed by atoms with van der Waals surface area (Å²) >= 11 is 1.33. The van der Waals surface area contributed by atoms with Crippen molar-refractivity contribution in [2.75, 3.05) is 18.8 Å². The summed E-state index contributed by atoms with van der Waals surface area (Å²) in [5, 5.41) is 3.33. The molecular weight excluding hydrogens is 224 g/mol. The third-order valence-corrected chi connectivity index (χ3v) is 2.61. The van der Waals surface area contributed by atoms with E-state index in [9.17, 15) is 4.79 Å². The maximum atomic E-state index is 11.3. The van der Waals surface area contributed by atoms with E-state index in [1.807, 2.05) is 19.9 Å². The highest BCUT2D eigenvalue weighted by atomic mass is 32.2. The predicted octanol–water partition coefficient (Wildman–Crippen LogP) is 0.260. The molecule has 0 aliphatic heterocycles. The number of aromatic nitrogens is 2. The minimum Gasteiger partial charge on any atom is -0.354 e. The average molecular weight is 240 g/mol. The van der Waals surface area contributed by atoms with Crippen LogP contribution in [0.1, 0.15) is 11.4 Å². The van der Waals surface area contributed by atoms with Crippen molar-refractivity contribution in [1.82, 2.24) is 15.3 Å². The van der Waals surface area contributed by atoms with Crippen molar-refractivity contribution in [1.29, 1.82) is 0 Å². The number of thioether (sulfide) groups is 1. The fourth-order valence-corrected chi connectivity index (χ4v) is 1.93. The molecule has 1 aromatic rings. The Labute approximate surface area is 99.2 Å². The van der Waals surface area contributed by atoms with Crippen molar-refractivity contribution in [2.45, 2.75) is 19.0 Å². The molecule has 0 aliphatic rings. The Kier molecular flexibility index (Phi) is 5.21. The summed E-state index contributed by atoms with van der Waals surface area (Å²) in [6, 6.07) is 1.90. The maximum absolute atomic E-state index is 11.3. The van der Waals surface area contributed by atoms with Gasteiger partial charge in [-0.2, -0.15) is 0 Å². The van der Waals surface area contributed by atoms with Gasteiger partial charge in [-0.15, -0.1) is 0 Å². The van der Waals surface area contributed by atoms with Gasteiger partial charge in [0.05, 0.1) is 5.75 Å². The van der Waals surface area contributed by atoms with Crippen LogP contribution in [0.4, 0.5) is 0 Å². The molecule has 1 heterocycles. The van der Waals surface area contributed by atoms with Crippen LogP contribution >= 0.6 is 11.8 Å². The molecule has 1 rings (SSSR count). The predicted molar refractivity (Wildman–Crippen MR) is 64.3 cm³/mol. The van der Waals surface area contributed by atoms with Gasteiger partial charge in [0.25, 0.3) is 0 Å². The topological polar surface area (TPSA) is 80.9 Å². The monoisotopic (exact) mass is 240 g/mol. The molecule has 3 N–H and O–H groups in total. The normalized spacial score (nSPS) is 10.2. The van der Waals surface area contributed by atoms with E-state index in [4.69, 9.17) is 5.73 Å². The van der Waals surface area contributed by atoms with Gasteiger partial charge < -0.3 is 11.1 Å². The van der Waals surface area contributed by atoms with Gasteiger partial charge in [-0.1, -0.05) is 11.8 Å². The van der Waals surface area contributed by atoms with E-state index in [1.165, 1.54) is 11.8 Å². The number of nitrogens with zero attached hydrogens (tertiary/aromatic N) is 2. The van der Waals surface area contributed by atoms with Crippen molar-refractivity contribution >= 4 is 17.7 Å². The van der Waals surface area contributed by atoms with E-state index in [1.54, 1.807) is 0 Å². The van der Waals surface area contributed by atoms with Crippen LogP contribution in [-0.2, 0) is 4.79 Å². The summed E-state index contributed by atoms with van der Waals surface area (Å²) < 4.78 is 0. The molecule has 0 atom stereocenters. The fourth-order valence-electron chi connectivity index (χ4n) is 1.15. The lowest BCUT2D eigenvalue weighted by molar-refractivity contribution is -0.118. The Bertz CT molecular complexity index is 350. The van der Waals surface area contributed by atoms with Gasteiger partial charge in [-0.05, 0) is 19.9 Å².